The molecule has 2 amide bonds. The first-order valence-corrected chi connectivity index (χ1v) is 6.84. The number of hydrogen-bond donors (Lipinski definition) is 2. The molecule has 0 aliphatic carbocycles. The quantitative estimate of drug-likeness (QED) is 0.872. The summed E-state index contributed by atoms with van der Waals surface area (Å²) >= 11 is 0. The molecule has 0 saturated carbocycles. The SMILES string of the molecule is O=C(N/C=C/c1ccc(F)cc1)NCCc1cccc(F)c1. The molecule has 0 fully saturated rings. The van der Waals surface area contributed by atoms with Gasteiger partial charge in [-0.05, 0) is 47.9 Å². The lowest BCUT2D eigenvalue weighted by molar-refractivity contribution is 0.244. The van der Waals surface area contributed by atoms with E-state index in [1.807, 2.05) is 0 Å². The second kappa shape index (κ2) is 7.93. The van der Waals surface area contributed by atoms with E-state index >= 15 is 0 Å². The fourth-order valence-electron chi connectivity index (χ4n) is 1.85. The molecule has 0 aromatic heterocycles. The zero-order valence-electron chi connectivity index (χ0n) is 11.9. The van der Waals surface area contributed by atoms with E-state index in [0.717, 1.165) is 11.1 Å². The average Bonchev–Trinajstić information content (AvgIpc) is 2.49. The predicted molar refractivity (Wildman–Crippen MR) is 82.1 cm³/mol. The third-order valence-corrected chi connectivity index (χ3v) is 2.95. The van der Waals surface area contributed by atoms with Crippen LogP contribution >= 0.6 is 0 Å². The van der Waals surface area contributed by atoms with Crippen molar-refractivity contribution in [3.63, 3.8) is 0 Å². The second-order valence-electron chi connectivity index (χ2n) is 4.67. The number of rotatable bonds is 5. The molecule has 0 bridgehead atoms. The van der Waals surface area contributed by atoms with Crippen LogP contribution in [0.25, 0.3) is 6.08 Å². The van der Waals surface area contributed by atoms with Gasteiger partial charge in [-0.3, -0.25) is 0 Å². The average molecular weight is 302 g/mol. The van der Waals surface area contributed by atoms with Gasteiger partial charge in [-0.15, -0.1) is 0 Å². The van der Waals surface area contributed by atoms with Crippen molar-refractivity contribution < 1.29 is 13.6 Å². The monoisotopic (exact) mass is 302 g/mol. The molecule has 0 radical (unpaired) electrons. The summed E-state index contributed by atoms with van der Waals surface area (Å²) in [5.74, 6) is -0.593. The Kier molecular flexibility index (Phi) is 5.65. The predicted octanol–water partition coefficient (Wildman–Crippen LogP) is 3.48. The van der Waals surface area contributed by atoms with Crippen LogP contribution in [0.5, 0.6) is 0 Å². The minimum Gasteiger partial charge on any atom is -0.338 e. The third kappa shape index (κ3) is 5.36. The molecule has 0 unspecified atom stereocenters. The topological polar surface area (TPSA) is 41.1 Å². The molecule has 0 spiro atoms. The number of benzene rings is 2. The van der Waals surface area contributed by atoms with E-state index in [1.165, 1.54) is 30.5 Å². The molecule has 0 aliphatic heterocycles. The fraction of sp³-hybridized carbons (Fsp3) is 0.118. The summed E-state index contributed by atoms with van der Waals surface area (Å²) in [7, 11) is 0. The van der Waals surface area contributed by atoms with Gasteiger partial charge in [0.05, 0.1) is 0 Å². The van der Waals surface area contributed by atoms with Gasteiger partial charge in [0.15, 0.2) is 0 Å². The number of halogens is 2. The van der Waals surface area contributed by atoms with E-state index in [4.69, 9.17) is 0 Å². The minimum absolute atomic E-state index is 0.288. The van der Waals surface area contributed by atoms with Crippen molar-refractivity contribution in [3.05, 3.63) is 77.5 Å². The highest BCUT2D eigenvalue weighted by molar-refractivity contribution is 5.75. The number of urea groups is 1. The number of carbonyl (C=O) groups excluding carboxylic acids is 1. The van der Waals surface area contributed by atoms with Crippen molar-refractivity contribution in [3.8, 4) is 0 Å². The van der Waals surface area contributed by atoms with Gasteiger partial charge in [0.1, 0.15) is 11.6 Å². The van der Waals surface area contributed by atoms with Gasteiger partial charge in [-0.25, -0.2) is 13.6 Å². The molecule has 114 valence electrons. The lowest BCUT2D eigenvalue weighted by atomic mass is 10.1. The molecule has 0 aliphatic rings. The van der Waals surface area contributed by atoms with Crippen molar-refractivity contribution in [2.75, 3.05) is 6.54 Å². The lowest BCUT2D eigenvalue weighted by Crippen LogP contribution is -2.33. The Morgan fingerprint density at radius 3 is 2.55 bits per heavy atom. The Hall–Kier alpha value is -2.69. The van der Waals surface area contributed by atoms with Gasteiger partial charge in [-0.2, -0.15) is 0 Å². The van der Waals surface area contributed by atoms with Gasteiger partial charge in [0.25, 0.3) is 0 Å². The summed E-state index contributed by atoms with van der Waals surface area (Å²) in [6, 6.07) is 11.8. The largest absolute Gasteiger partial charge is 0.338 e. The van der Waals surface area contributed by atoms with Crippen LogP contribution in [0.1, 0.15) is 11.1 Å². The third-order valence-electron chi connectivity index (χ3n) is 2.95. The molecular weight excluding hydrogens is 286 g/mol. The van der Waals surface area contributed by atoms with Crippen molar-refractivity contribution in [1.29, 1.82) is 0 Å². The highest BCUT2D eigenvalue weighted by atomic mass is 19.1. The van der Waals surface area contributed by atoms with E-state index in [0.29, 0.717) is 13.0 Å². The number of amides is 2. The number of nitrogens with one attached hydrogen (secondary N) is 2. The van der Waals surface area contributed by atoms with Crippen molar-refractivity contribution in [1.82, 2.24) is 10.6 Å². The molecule has 3 nitrogen and oxygen atoms in total. The van der Waals surface area contributed by atoms with Crippen LogP contribution in [0.4, 0.5) is 13.6 Å². The standard InChI is InChI=1S/C17H16F2N2O/c18-15-6-4-13(5-7-15)8-10-20-17(22)21-11-9-14-2-1-3-16(19)12-14/h1-8,10,12H,9,11H2,(H2,20,21,22)/b10-8+. The zero-order chi connectivity index (χ0) is 15.8. The van der Waals surface area contributed by atoms with Crippen LogP contribution in [0.2, 0.25) is 0 Å². The Balaban J connectivity index is 1.70. The molecule has 2 aromatic rings. The normalized spacial score (nSPS) is 10.6. The van der Waals surface area contributed by atoms with E-state index in [2.05, 4.69) is 10.6 Å². The summed E-state index contributed by atoms with van der Waals surface area (Å²) < 4.78 is 25.7. The Morgan fingerprint density at radius 2 is 1.82 bits per heavy atom. The molecule has 0 atom stereocenters. The molecule has 22 heavy (non-hydrogen) atoms. The van der Waals surface area contributed by atoms with Crippen LogP contribution in [0, 0.1) is 11.6 Å². The minimum atomic E-state index is -0.352. The molecule has 0 saturated heterocycles. The highest BCUT2D eigenvalue weighted by Gasteiger charge is 1.98. The Labute approximate surface area is 127 Å². The summed E-state index contributed by atoms with van der Waals surface area (Å²) in [6.07, 6.45) is 3.68. The van der Waals surface area contributed by atoms with Crippen molar-refractivity contribution >= 4 is 12.1 Å². The van der Waals surface area contributed by atoms with Crippen LogP contribution in [0.15, 0.2) is 54.7 Å². The first-order chi connectivity index (χ1) is 10.6. The molecule has 5 heteroatoms. The van der Waals surface area contributed by atoms with Gasteiger partial charge in [0.2, 0.25) is 0 Å². The summed E-state index contributed by atoms with van der Waals surface area (Å²) in [6.45, 7) is 0.402. The van der Waals surface area contributed by atoms with Crippen LogP contribution in [0.3, 0.4) is 0 Å². The molecular formula is C17H16F2N2O. The summed E-state index contributed by atoms with van der Waals surface area (Å²) in [4.78, 5) is 11.5. The molecule has 2 N–H and O–H groups in total. The summed E-state index contributed by atoms with van der Waals surface area (Å²) in [5.41, 5.74) is 1.60. The van der Waals surface area contributed by atoms with Gasteiger partial charge in [0, 0.05) is 12.7 Å². The Bertz CT molecular complexity index is 654. The maximum Gasteiger partial charge on any atom is 0.318 e. The Morgan fingerprint density at radius 1 is 1.05 bits per heavy atom. The van der Waals surface area contributed by atoms with E-state index in [1.54, 1.807) is 30.3 Å². The molecule has 0 heterocycles. The first kappa shape index (κ1) is 15.7. The van der Waals surface area contributed by atoms with E-state index in [-0.39, 0.29) is 17.7 Å². The van der Waals surface area contributed by atoms with Crippen molar-refractivity contribution in [2.24, 2.45) is 0 Å². The maximum atomic E-state index is 13.0. The maximum absolute atomic E-state index is 13.0. The van der Waals surface area contributed by atoms with Crippen LogP contribution in [-0.2, 0) is 6.42 Å². The first-order valence-electron chi connectivity index (χ1n) is 6.84. The smallest absolute Gasteiger partial charge is 0.318 e. The highest BCUT2D eigenvalue weighted by Crippen LogP contribution is 2.04. The van der Waals surface area contributed by atoms with E-state index < -0.39 is 0 Å². The van der Waals surface area contributed by atoms with Crippen molar-refractivity contribution in [2.45, 2.75) is 6.42 Å². The lowest BCUT2D eigenvalue weighted by Gasteiger charge is -2.05. The van der Waals surface area contributed by atoms with Crippen LogP contribution in [-0.4, -0.2) is 12.6 Å². The summed E-state index contributed by atoms with van der Waals surface area (Å²) in [5, 5.41) is 5.21. The molecule has 2 aromatic carbocycles. The van der Waals surface area contributed by atoms with Gasteiger partial charge >= 0.3 is 6.03 Å². The second-order valence-corrected chi connectivity index (χ2v) is 4.67. The van der Waals surface area contributed by atoms with Gasteiger partial charge < -0.3 is 10.6 Å². The number of hydrogen-bond acceptors (Lipinski definition) is 1. The number of carbonyl (C=O) groups is 1. The fourth-order valence-corrected chi connectivity index (χ4v) is 1.85. The molecule has 2 rings (SSSR count). The van der Waals surface area contributed by atoms with Crippen LogP contribution < -0.4 is 10.6 Å². The van der Waals surface area contributed by atoms with Gasteiger partial charge in [-0.1, -0.05) is 24.3 Å². The van der Waals surface area contributed by atoms with E-state index in [9.17, 15) is 13.6 Å². The zero-order valence-corrected chi connectivity index (χ0v) is 11.9.